The molecule has 0 aromatic heterocycles. The summed E-state index contributed by atoms with van der Waals surface area (Å²) in [4.78, 5) is 50.6. The molecule has 13 heteroatoms. The van der Waals surface area contributed by atoms with E-state index >= 15 is 0 Å². The van der Waals surface area contributed by atoms with Gasteiger partial charge < -0.3 is 15.2 Å². The van der Waals surface area contributed by atoms with Crippen LogP contribution in [-0.4, -0.2) is 48.3 Å². The third kappa shape index (κ3) is 8.62. The summed E-state index contributed by atoms with van der Waals surface area (Å²) in [5.41, 5.74) is -0.917. The van der Waals surface area contributed by atoms with Crippen molar-refractivity contribution < 1.29 is 55.4 Å². The predicted octanol–water partition coefficient (Wildman–Crippen LogP) is 4.71. The van der Waals surface area contributed by atoms with Crippen LogP contribution in [-0.2, 0) is 25.1 Å². The Kier molecular flexibility index (Phi) is 11.2. The second-order valence-corrected chi connectivity index (χ2v) is 9.69. The highest BCUT2D eigenvalue weighted by molar-refractivity contribution is 5.96. The zero-order valence-electron chi connectivity index (χ0n) is 22.3. The van der Waals surface area contributed by atoms with Crippen molar-refractivity contribution in [2.24, 2.45) is 17.8 Å². The van der Waals surface area contributed by atoms with Crippen molar-refractivity contribution in [3.05, 3.63) is 65.5 Å². The highest BCUT2D eigenvalue weighted by Gasteiger charge is 2.46. The van der Waals surface area contributed by atoms with E-state index in [0.717, 1.165) is 18.2 Å². The SMILES string of the molecule is COc1ccc([C@H](NC(=O)[C@H](CO)CC(=O)C(F)(F)c2cccc(F)c2)C(=O)C[C@H](C(=O)C(F)(F)F)C(C)C)cc1. The molecule has 0 aliphatic carbocycles. The number of methoxy groups -OCH3 is 1. The van der Waals surface area contributed by atoms with Crippen molar-refractivity contribution in [2.45, 2.75) is 44.8 Å². The van der Waals surface area contributed by atoms with E-state index in [1.807, 2.05) is 0 Å². The molecule has 2 N–H and O–H groups in total. The summed E-state index contributed by atoms with van der Waals surface area (Å²) in [6.07, 6.45) is -7.35. The lowest BCUT2D eigenvalue weighted by atomic mass is 9.84. The van der Waals surface area contributed by atoms with E-state index in [9.17, 15) is 50.6 Å². The molecule has 7 nitrogen and oxygen atoms in total. The molecule has 0 spiro atoms. The minimum atomic E-state index is -5.22. The number of hydrogen-bond acceptors (Lipinski definition) is 6. The van der Waals surface area contributed by atoms with Crippen LogP contribution in [0.3, 0.4) is 0 Å². The Bertz CT molecular complexity index is 1250. The van der Waals surface area contributed by atoms with Crippen LogP contribution in [0.5, 0.6) is 5.75 Å². The molecule has 0 aliphatic heterocycles. The van der Waals surface area contributed by atoms with Crippen LogP contribution >= 0.6 is 0 Å². The fraction of sp³-hybridized carbons (Fsp3) is 0.429. The molecule has 1 amide bonds. The minimum Gasteiger partial charge on any atom is -0.497 e. The van der Waals surface area contributed by atoms with Gasteiger partial charge in [0.05, 0.1) is 19.6 Å². The third-order valence-corrected chi connectivity index (χ3v) is 6.46. The van der Waals surface area contributed by atoms with Crippen molar-refractivity contribution >= 4 is 23.3 Å². The van der Waals surface area contributed by atoms with Crippen LogP contribution in [0.25, 0.3) is 0 Å². The van der Waals surface area contributed by atoms with Crippen LogP contribution in [0.4, 0.5) is 26.3 Å². The van der Waals surface area contributed by atoms with Gasteiger partial charge >= 0.3 is 12.1 Å². The molecule has 41 heavy (non-hydrogen) atoms. The van der Waals surface area contributed by atoms with E-state index in [1.54, 1.807) is 0 Å². The first-order valence-corrected chi connectivity index (χ1v) is 12.4. The Morgan fingerprint density at radius 3 is 2.05 bits per heavy atom. The number of alkyl halides is 5. The van der Waals surface area contributed by atoms with E-state index in [-0.39, 0.29) is 5.56 Å². The Labute approximate surface area is 231 Å². The van der Waals surface area contributed by atoms with Gasteiger partial charge in [0.2, 0.25) is 17.5 Å². The molecule has 0 saturated carbocycles. The molecular weight excluding hydrogens is 560 g/mol. The first-order chi connectivity index (χ1) is 19.0. The van der Waals surface area contributed by atoms with Crippen LogP contribution < -0.4 is 10.1 Å². The number of carbonyl (C=O) groups excluding carboxylic acids is 4. The van der Waals surface area contributed by atoms with Gasteiger partial charge in [-0.3, -0.25) is 19.2 Å². The van der Waals surface area contributed by atoms with Crippen molar-refractivity contribution in [2.75, 3.05) is 13.7 Å². The Balaban J connectivity index is 2.34. The molecule has 0 radical (unpaired) electrons. The number of aliphatic hydroxyl groups is 1. The summed E-state index contributed by atoms with van der Waals surface area (Å²) >= 11 is 0. The first kappa shape index (κ1) is 33.5. The lowest BCUT2D eigenvalue weighted by Crippen LogP contribution is -2.42. The van der Waals surface area contributed by atoms with E-state index in [2.05, 4.69) is 5.32 Å². The number of ketones is 3. The Hall–Kier alpha value is -3.74. The monoisotopic (exact) mass is 589 g/mol. The first-order valence-electron chi connectivity index (χ1n) is 12.4. The number of ether oxygens (including phenoxy) is 1. The van der Waals surface area contributed by atoms with Gasteiger partial charge in [0.15, 0.2) is 5.78 Å². The minimum absolute atomic E-state index is 0.0548. The average molecular weight is 590 g/mol. The predicted molar refractivity (Wildman–Crippen MR) is 133 cm³/mol. The molecule has 0 aliphatic rings. The lowest BCUT2D eigenvalue weighted by Gasteiger charge is -2.25. The average Bonchev–Trinajstić information content (AvgIpc) is 2.91. The lowest BCUT2D eigenvalue weighted by molar-refractivity contribution is -0.177. The quantitative estimate of drug-likeness (QED) is 0.309. The van der Waals surface area contributed by atoms with Gasteiger partial charge in [-0.2, -0.15) is 22.0 Å². The molecule has 0 fully saturated rings. The molecule has 2 aromatic rings. The second kappa shape index (κ2) is 13.7. The third-order valence-electron chi connectivity index (χ3n) is 6.46. The Morgan fingerprint density at radius 1 is 0.951 bits per heavy atom. The van der Waals surface area contributed by atoms with Gasteiger partial charge in [0.25, 0.3) is 0 Å². The highest BCUT2D eigenvalue weighted by atomic mass is 19.4. The Morgan fingerprint density at radius 2 is 1.56 bits per heavy atom. The van der Waals surface area contributed by atoms with E-state index in [1.165, 1.54) is 45.2 Å². The zero-order valence-corrected chi connectivity index (χ0v) is 22.3. The van der Waals surface area contributed by atoms with Crippen LogP contribution in [0.15, 0.2) is 48.5 Å². The van der Waals surface area contributed by atoms with Gasteiger partial charge in [0.1, 0.15) is 17.6 Å². The highest BCUT2D eigenvalue weighted by Crippen LogP contribution is 2.33. The summed E-state index contributed by atoms with van der Waals surface area (Å²) in [7, 11) is 1.35. The van der Waals surface area contributed by atoms with E-state index in [4.69, 9.17) is 4.74 Å². The zero-order chi connectivity index (χ0) is 31.1. The van der Waals surface area contributed by atoms with Gasteiger partial charge in [-0.15, -0.1) is 0 Å². The standard InChI is InChI=1S/C28H29F6NO6/c1-15(2)21(25(39)28(32,33)34)13-22(37)24(16-7-9-20(41-3)10-8-16)35-26(40)17(14-36)11-23(38)27(30,31)18-5-4-6-19(29)12-18/h4-10,12,15,17,21,24,36H,11,13-14H2,1-3H3,(H,35,40)/t17-,21-,24-/m0/s1. The number of nitrogens with one attached hydrogen (secondary N) is 1. The molecule has 0 unspecified atom stereocenters. The number of Topliss-reactive ketones (excluding diaryl/α,β-unsaturated/α-hetero) is 3. The number of carbonyl (C=O) groups is 4. The van der Waals surface area contributed by atoms with Crippen LogP contribution in [0, 0.1) is 23.6 Å². The van der Waals surface area contributed by atoms with Crippen molar-refractivity contribution in [3.8, 4) is 5.75 Å². The summed E-state index contributed by atoms with van der Waals surface area (Å²) in [6.45, 7) is 1.52. The fourth-order valence-corrected chi connectivity index (χ4v) is 4.02. The van der Waals surface area contributed by atoms with Crippen molar-refractivity contribution in [1.29, 1.82) is 0 Å². The van der Waals surface area contributed by atoms with E-state index < -0.39 is 90.0 Å². The second-order valence-electron chi connectivity index (χ2n) is 9.69. The maximum absolute atomic E-state index is 14.7. The van der Waals surface area contributed by atoms with Gasteiger partial charge in [-0.25, -0.2) is 4.39 Å². The van der Waals surface area contributed by atoms with Gasteiger partial charge in [0, 0.05) is 24.3 Å². The molecular formula is C28H29F6NO6. The molecule has 224 valence electrons. The van der Waals surface area contributed by atoms with Crippen molar-refractivity contribution in [3.63, 3.8) is 0 Å². The topological polar surface area (TPSA) is 110 Å². The summed E-state index contributed by atoms with van der Waals surface area (Å²) < 4.78 is 87.3. The normalized spacial score (nSPS) is 14.2. The number of rotatable bonds is 14. The molecule has 2 rings (SSSR count). The number of benzene rings is 2. The maximum atomic E-state index is 14.7. The van der Waals surface area contributed by atoms with E-state index in [0.29, 0.717) is 11.8 Å². The molecule has 0 saturated heterocycles. The fourth-order valence-electron chi connectivity index (χ4n) is 4.02. The summed E-state index contributed by atoms with van der Waals surface area (Å²) in [6, 6.07) is 6.83. The van der Waals surface area contributed by atoms with Gasteiger partial charge in [-0.05, 0) is 35.7 Å². The summed E-state index contributed by atoms with van der Waals surface area (Å²) in [5.74, 6) is -15.6. The largest absolute Gasteiger partial charge is 0.497 e. The van der Waals surface area contributed by atoms with Crippen molar-refractivity contribution in [1.82, 2.24) is 5.32 Å². The van der Waals surface area contributed by atoms with Crippen LogP contribution in [0.1, 0.15) is 43.9 Å². The number of amides is 1. The smallest absolute Gasteiger partial charge is 0.450 e. The number of hydrogen-bond donors (Lipinski definition) is 2. The number of aliphatic hydroxyl groups excluding tert-OH is 1. The maximum Gasteiger partial charge on any atom is 0.450 e. The molecule has 0 heterocycles. The molecule has 2 aromatic carbocycles. The number of halogens is 6. The van der Waals surface area contributed by atoms with Gasteiger partial charge in [-0.1, -0.05) is 38.1 Å². The van der Waals surface area contributed by atoms with Crippen LogP contribution in [0.2, 0.25) is 0 Å². The molecule has 0 bridgehead atoms. The molecule has 3 atom stereocenters. The summed E-state index contributed by atoms with van der Waals surface area (Å²) in [5, 5.41) is 11.9.